The van der Waals surface area contributed by atoms with Crippen molar-refractivity contribution < 1.29 is 5.11 Å². The molecule has 0 amide bonds. The monoisotopic (exact) mass is 272 g/mol. The van der Waals surface area contributed by atoms with Gasteiger partial charge in [-0.25, -0.2) is 0 Å². The molecule has 1 saturated heterocycles. The van der Waals surface area contributed by atoms with Crippen LogP contribution in [0.4, 0.5) is 0 Å². The van der Waals surface area contributed by atoms with Gasteiger partial charge in [0.25, 0.3) is 0 Å². The number of aliphatic hydroxyl groups excluding tert-OH is 1. The van der Waals surface area contributed by atoms with E-state index in [-0.39, 0.29) is 6.10 Å². The van der Waals surface area contributed by atoms with Gasteiger partial charge in [0, 0.05) is 12.1 Å². The largest absolute Gasteiger partial charge is 0.393 e. The number of piperidine rings is 1. The minimum absolute atomic E-state index is 0.181. The molecule has 3 N–H and O–H groups in total. The van der Waals surface area contributed by atoms with E-state index in [1.54, 1.807) is 0 Å². The van der Waals surface area contributed by atoms with Gasteiger partial charge in [0.15, 0.2) is 0 Å². The first-order valence-electron chi connectivity index (χ1n) is 7.38. The molecule has 2 rings (SSSR count). The van der Waals surface area contributed by atoms with E-state index in [0.29, 0.717) is 12.5 Å². The third-order valence-corrected chi connectivity index (χ3v) is 4.05. The molecule has 1 atom stereocenters. The second kappa shape index (κ2) is 7.44. The summed E-state index contributed by atoms with van der Waals surface area (Å²) >= 11 is 0. The van der Waals surface area contributed by atoms with E-state index in [4.69, 9.17) is 5.73 Å². The molecule has 20 heavy (non-hydrogen) atoms. The zero-order chi connectivity index (χ0) is 14.4. The Balaban J connectivity index is 1.98. The first-order chi connectivity index (χ1) is 9.70. The lowest BCUT2D eigenvalue weighted by Crippen LogP contribution is -2.36. The van der Waals surface area contributed by atoms with Crippen LogP contribution in [0.15, 0.2) is 24.3 Å². The first-order valence-corrected chi connectivity index (χ1v) is 7.38. The van der Waals surface area contributed by atoms with Crippen LogP contribution >= 0.6 is 0 Å². The summed E-state index contributed by atoms with van der Waals surface area (Å²) in [6.45, 7) is 5.33. The Hall–Kier alpha value is -1.34. The third-order valence-electron chi connectivity index (χ3n) is 4.05. The maximum absolute atomic E-state index is 9.65. The van der Waals surface area contributed by atoms with E-state index < -0.39 is 0 Å². The van der Waals surface area contributed by atoms with Crippen LogP contribution in [-0.4, -0.2) is 35.7 Å². The van der Waals surface area contributed by atoms with Crippen LogP contribution in [0.3, 0.4) is 0 Å². The second-order valence-corrected chi connectivity index (χ2v) is 5.52. The Morgan fingerprint density at radius 1 is 1.35 bits per heavy atom. The number of hydrogen-bond acceptors (Lipinski definition) is 3. The SMILES string of the molecule is CC(O)C1CCN(Cc2ccccc2C#CCN)CC1. The molecule has 0 radical (unpaired) electrons. The zero-order valence-corrected chi connectivity index (χ0v) is 12.2. The van der Waals surface area contributed by atoms with Crippen molar-refractivity contribution in [3.8, 4) is 11.8 Å². The third kappa shape index (κ3) is 4.08. The molecule has 0 aromatic heterocycles. The Kier molecular flexibility index (Phi) is 5.60. The highest BCUT2D eigenvalue weighted by Gasteiger charge is 2.22. The zero-order valence-electron chi connectivity index (χ0n) is 12.2. The van der Waals surface area contributed by atoms with Crippen LogP contribution in [0.25, 0.3) is 0 Å². The number of hydrogen-bond donors (Lipinski definition) is 2. The average Bonchev–Trinajstić information content (AvgIpc) is 2.47. The Bertz CT molecular complexity index is 479. The van der Waals surface area contributed by atoms with Gasteiger partial charge >= 0.3 is 0 Å². The molecular weight excluding hydrogens is 248 g/mol. The van der Waals surface area contributed by atoms with Crippen LogP contribution in [-0.2, 0) is 6.54 Å². The minimum Gasteiger partial charge on any atom is -0.393 e. The van der Waals surface area contributed by atoms with Crippen LogP contribution in [0.2, 0.25) is 0 Å². The summed E-state index contributed by atoms with van der Waals surface area (Å²) in [6, 6.07) is 8.27. The van der Waals surface area contributed by atoms with Crippen LogP contribution in [0, 0.1) is 17.8 Å². The lowest BCUT2D eigenvalue weighted by Gasteiger charge is -2.33. The number of nitrogens with two attached hydrogens (primary N) is 1. The number of nitrogens with zero attached hydrogens (tertiary/aromatic N) is 1. The summed E-state index contributed by atoms with van der Waals surface area (Å²) in [7, 11) is 0. The van der Waals surface area contributed by atoms with Crippen molar-refractivity contribution in [3.63, 3.8) is 0 Å². The Morgan fingerprint density at radius 2 is 2.05 bits per heavy atom. The highest BCUT2D eigenvalue weighted by atomic mass is 16.3. The van der Waals surface area contributed by atoms with Gasteiger partial charge in [0.05, 0.1) is 12.6 Å². The maximum Gasteiger partial charge on any atom is 0.0555 e. The highest BCUT2D eigenvalue weighted by Crippen LogP contribution is 2.22. The summed E-state index contributed by atoms with van der Waals surface area (Å²) in [5.74, 6) is 6.54. The topological polar surface area (TPSA) is 49.5 Å². The quantitative estimate of drug-likeness (QED) is 0.822. The van der Waals surface area contributed by atoms with Crippen molar-refractivity contribution in [2.24, 2.45) is 11.7 Å². The van der Waals surface area contributed by atoms with Crippen LogP contribution in [0.1, 0.15) is 30.9 Å². The number of likely N-dealkylation sites (tertiary alicyclic amines) is 1. The van der Waals surface area contributed by atoms with E-state index >= 15 is 0 Å². The summed E-state index contributed by atoms with van der Waals surface area (Å²) in [4.78, 5) is 2.45. The normalized spacial score (nSPS) is 18.4. The fourth-order valence-electron chi connectivity index (χ4n) is 2.76. The first kappa shape index (κ1) is 15.1. The molecule has 1 aliphatic rings. The average molecular weight is 272 g/mol. The van der Waals surface area contributed by atoms with Gasteiger partial charge in [-0.1, -0.05) is 30.0 Å². The van der Waals surface area contributed by atoms with Crippen molar-refractivity contribution >= 4 is 0 Å². The molecule has 0 aliphatic carbocycles. The summed E-state index contributed by atoms with van der Waals surface area (Å²) < 4.78 is 0. The Morgan fingerprint density at radius 3 is 2.70 bits per heavy atom. The van der Waals surface area contributed by atoms with E-state index in [0.717, 1.165) is 38.0 Å². The highest BCUT2D eigenvalue weighted by molar-refractivity contribution is 5.41. The standard InChI is InChI=1S/C17H24N2O/c1-14(20)15-8-11-19(12-9-15)13-17-6-3-2-5-16(17)7-4-10-18/h2-3,5-6,14-15,20H,8-13,18H2,1H3. The molecule has 1 heterocycles. The molecule has 1 aliphatic heterocycles. The van der Waals surface area contributed by atoms with Gasteiger partial charge in [-0.15, -0.1) is 0 Å². The lowest BCUT2D eigenvalue weighted by atomic mass is 9.92. The molecule has 1 aromatic rings. The molecule has 0 saturated carbocycles. The van der Waals surface area contributed by atoms with E-state index in [1.807, 2.05) is 13.0 Å². The molecule has 1 fully saturated rings. The van der Waals surface area contributed by atoms with Crippen molar-refractivity contribution in [1.82, 2.24) is 4.90 Å². The van der Waals surface area contributed by atoms with Crippen molar-refractivity contribution in [1.29, 1.82) is 0 Å². The molecule has 0 spiro atoms. The Labute approximate surface area is 121 Å². The smallest absolute Gasteiger partial charge is 0.0555 e. The molecule has 3 heteroatoms. The lowest BCUT2D eigenvalue weighted by molar-refractivity contribution is 0.0695. The number of benzene rings is 1. The van der Waals surface area contributed by atoms with Gasteiger partial charge in [-0.05, 0) is 50.4 Å². The number of aliphatic hydroxyl groups is 1. The molecular formula is C17H24N2O. The molecule has 1 unspecified atom stereocenters. The fourth-order valence-corrected chi connectivity index (χ4v) is 2.76. The van der Waals surface area contributed by atoms with Gasteiger partial charge < -0.3 is 10.8 Å². The molecule has 0 bridgehead atoms. The van der Waals surface area contributed by atoms with Crippen molar-refractivity contribution in [2.75, 3.05) is 19.6 Å². The predicted molar refractivity (Wildman–Crippen MR) is 82.1 cm³/mol. The van der Waals surface area contributed by atoms with Crippen LogP contribution in [0.5, 0.6) is 0 Å². The van der Waals surface area contributed by atoms with E-state index in [9.17, 15) is 5.11 Å². The predicted octanol–water partition coefficient (Wildman–Crippen LogP) is 1.59. The minimum atomic E-state index is -0.181. The maximum atomic E-state index is 9.65. The van der Waals surface area contributed by atoms with Gasteiger partial charge in [0.1, 0.15) is 0 Å². The molecule has 3 nitrogen and oxygen atoms in total. The summed E-state index contributed by atoms with van der Waals surface area (Å²) in [6.07, 6.45) is 1.97. The second-order valence-electron chi connectivity index (χ2n) is 5.52. The van der Waals surface area contributed by atoms with Crippen LogP contribution < -0.4 is 5.73 Å². The number of rotatable bonds is 3. The van der Waals surface area contributed by atoms with Gasteiger partial charge in [-0.2, -0.15) is 0 Å². The molecule has 1 aromatic carbocycles. The van der Waals surface area contributed by atoms with Gasteiger partial charge in [0.2, 0.25) is 0 Å². The summed E-state index contributed by atoms with van der Waals surface area (Å²) in [5.41, 5.74) is 7.79. The van der Waals surface area contributed by atoms with Crippen molar-refractivity contribution in [2.45, 2.75) is 32.4 Å². The molecule has 108 valence electrons. The van der Waals surface area contributed by atoms with E-state index in [2.05, 4.69) is 34.9 Å². The van der Waals surface area contributed by atoms with E-state index in [1.165, 1.54) is 5.56 Å². The summed E-state index contributed by atoms with van der Waals surface area (Å²) in [5, 5.41) is 9.65. The fraction of sp³-hybridized carbons (Fsp3) is 0.529. The van der Waals surface area contributed by atoms with Crippen molar-refractivity contribution in [3.05, 3.63) is 35.4 Å². The van der Waals surface area contributed by atoms with Gasteiger partial charge in [-0.3, -0.25) is 4.90 Å².